The molecule has 0 aromatic heterocycles. The van der Waals surface area contributed by atoms with Crippen LogP contribution in [0.25, 0.3) is 0 Å². The van der Waals surface area contributed by atoms with Gasteiger partial charge in [0.05, 0.1) is 0 Å². The number of phenolic OH excluding ortho intramolecular Hbond substituents is 2. The second-order valence-electron chi connectivity index (χ2n) is 14.9. The lowest BCUT2D eigenvalue weighted by Gasteiger charge is -2.23. The lowest BCUT2D eigenvalue weighted by molar-refractivity contribution is 0.456. The zero-order chi connectivity index (χ0) is 49.4. The highest BCUT2D eigenvalue weighted by Crippen LogP contribution is 2.42. The van der Waals surface area contributed by atoms with Gasteiger partial charge in [-0.05, 0) is 45.2 Å². The van der Waals surface area contributed by atoms with E-state index >= 15 is 0 Å². The third-order valence-corrected chi connectivity index (χ3v) is 10.8. The van der Waals surface area contributed by atoms with Gasteiger partial charge in [-0.25, -0.2) is 0 Å². The number of aromatic hydroxyl groups is 2. The minimum absolute atomic E-state index is 0.150. The lowest BCUT2D eigenvalue weighted by Crippen LogP contribution is -2.05. The molecule has 4 atom stereocenters. The molecule has 6 aromatic rings. The van der Waals surface area contributed by atoms with Crippen LogP contribution >= 0.6 is 0 Å². The molecule has 4 unspecified atom stereocenters. The van der Waals surface area contributed by atoms with Gasteiger partial charge in [0, 0.05) is 45.9 Å². The Morgan fingerprint density at radius 2 is 0.406 bits per heavy atom. The zero-order valence-electron chi connectivity index (χ0n) is 44.2. The molecule has 2 nitrogen and oxygen atoms in total. The molecular weight excluding hydrogens is 777 g/mol. The largest absolute Gasteiger partial charge is 0.507 e. The van der Waals surface area contributed by atoms with E-state index in [2.05, 4.69) is 177 Å². The fourth-order valence-electron chi connectivity index (χ4n) is 7.08. The van der Waals surface area contributed by atoms with E-state index in [0.29, 0.717) is 23.3 Å². The molecule has 0 saturated heterocycles. The van der Waals surface area contributed by atoms with Crippen LogP contribution in [0.4, 0.5) is 0 Å². The van der Waals surface area contributed by atoms with E-state index in [1.165, 1.54) is 33.4 Å². The SMILES string of the molecule is CC.CC.CC.CC.CC.CC.CC(C)c1cc(C(C)c2ccccc2)c(O)c(C(C)c2ccccc2)c1.CC(C)c1cc(C(C)c2ccccc2)c(O)c(C(C)c2ccccc2)c1. The smallest absolute Gasteiger partial charge is 0.123 e. The molecule has 0 amide bonds. The van der Waals surface area contributed by atoms with Crippen molar-refractivity contribution in [2.75, 3.05) is 0 Å². The summed E-state index contributed by atoms with van der Waals surface area (Å²) >= 11 is 0. The first-order chi connectivity index (χ1) is 31.0. The van der Waals surface area contributed by atoms with Crippen molar-refractivity contribution in [2.45, 2.75) is 174 Å². The highest BCUT2D eigenvalue weighted by molar-refractivity contribution is 5.54. The average Bonchev–Trinajstić information content (AvgIpc) is 3.38. The van der Waals surface area contributed by atoms with Crippen LogP contribution in [-0.4, -0.2) is 10.2 Å². The van der Waals surface area contributed by atoms with E-state index in [4.69, 9.17) is 0 Å². The summed E-state index contributed by atoms with van der Waals surface area (Å²) in [6, 6.07) is 50.4. The quantitative estimate of drug-likeness (QED) is 0.144. The molecule has 0 aliphatic carbocycles. The summed E-state index contributed by atoms with van der Waals surface area (Å²) in [5.41, 5.74) is 11.5. The van der Waals surface area contributed by atoms with Crippen LogP contribution in [0, 0.1) is 0 Å². The van der Waals surface area contributed by atoms with E-state index in [-0.39, 0.29) is 23.7 Å². The number of benzene rings is 6. The Labute approximate surface area is 395 Å². The molecule has 0 saturated carbocycles. The molecular formula is C62H92O2. The van der Waals surface area contributed by atoms with Gasteiger partial charge in [-0.2, -0.15) is 0 Å². The first-order valence-corrected chi connectivity index (χ1v) is 24.9. The van der Waals surface area contributed by atoms with E-state index in [1.54, 1.807) is 0 Å². The maximum absolute atomic E-state index is 11.2. The molecule has 6 rings (SSSR count). The van der Waals surface area contributed by atoms with Crippen LogP contribution in [0.5, 0.6) is 11.5 Å². The van der Waals surface area contributed by atoms with Crippen LogP contribution in [-0.2, 0) is 0 Å². The molecule has 0 fully saturated rings. The Balaban J connectivity index is 0. The van der Waals surface area contributed by atoms with Gasteiger partial charge in [0.2, 0.25) is 0 Å². The van der Waals surface area contributed by atoms with Crippen LogP contribution in [0.3, 0.4) is 0 Å². The number of hydrogen-bond acceptors (Lipinski definition) is 2. The van der Waals surface area contributed by atoms with E-state index in [9.17, 15) is 10.2 Å². The van der Waals surface area contributed by atoms with Gasteiger partial charge in [0.25, 0.3) is 0 Å². The Morgan fingerprint density at radius 1 is 0.250 bits per heavy atom. The van der Waals surface area contributed by atoms with Gasteiger partial charge in [0.15, 0.2) is 0 Å². The lowest BCUT2D eigenvalue weighted by atomic mass is 9.83. The first-order valence-electron chi connectivity index (χ1n) is 24.9. The van der Waals surface area contributed by atoms with Gasteiger partial charge in [-0.1, -0.05) is 284 Å². The van der Waals surface area contributed by atoms with Crippen LogP contribution in [0.1, 0.15) is 230 Å². The second-order valence-corrected chi connectivity index (χ2v) is 14.9. The number of rotatable bonds is 10. The van der Waals surface area contributed by atoms with E-state index in [1.807, 2.05) is 107 Å². The van der Waals surface area contributed by atoms with Crippen molar-refractivity contribution in [1.29, 1.82) is 0 Å². The van der Waals surface area contributed by atoms with Crippen molar-refractivity contribution in [3.05, 3.63) is 201 Å². The van der Waals surface area contributed by atoms with Gasteiger partial charge < -0.3 is 10.2 Å². The van der Waals surface area contributed by atoms with Crippen molar-refractivity contribution in [3.8, 4) is 11.5 Å². The molecule has 2 heteroatoms. The fourth-order valence-corrected chi connectivity index (χ4v) is 7.08. The topological polar surface area (TPSA) is 40.5 Å². The Bertz CT molecular complexity index is 1720. The predicted octanol–water partition coefficient (Wildman–Crippen LogP) is 19.8. The summed E-state index contributed by atoms with van der Waals surface area (Å²) in [6.07, 6.45) is 0. The number of hydrogen-bond donors (Lipinski definition) is 2. The normalized spacial score (nSPS) is 11.6. The monoisotopic (exact) mass is 869 g/mol. The molecule has 0 aliphatic heterocycles. The third kappa shape index (κ3) is 18.2. The molecule has 64 heavy (non-hydrogen) atoms. The number of phenols is 2. The minimum Gasteiger partial charge on any atom is -0.507 e. The van der Waals surface area contributed by atoms with Crippen LogP contribution < -0.4 is 0 Å². The zero-order valence-corrected chi connectivity index (χ0v) is 44.2. The summed E-state index contributed by atoms with van der Waals surface area (Å²) in [5, 5.41) is 22.3. The summed E-state index contributed by atoms with van der Waals surface area (Å²) in [6.45, 7) is 41.5. The molecule has 0 bridgehead atoms. The summed E-state index contributed by atoms with van der Waals surface area (Å²) in [5.74, 6) is 2.30. The Hall–Kier alpha value is -5.08. The Kier molecular flexibility index (Phi) is 33.6. The summed E-state index contributed by atoms with van der Waals surface area (Å²) in [7, 11) is 0. The first kappa shape index (κ1) is 61.0. The standard InChI is InChI=1S/2C25H28O.6C2H6/c2*1-17(2)22-15-23(18(3)20-11-7-5-8-12-20)25(26)24(16-22)19(4)21-13-9-6-10-14-21;6*1-2/h2*5-19,26H,1-4H3;6*1-2H3. The highest BCUT2D eigenvalue weighted by atomic mass is 16.3. The molecule has 6 aromatic carbocycles. The van der Waals surface area contributed by atoms with E-state index in [0.717, 1.165) is 22.3 Å². The third-order valence-electron chi connectivity index (χ3n) is 10.8. The molecule has 0 radical (unpaired) electrons. The molecule has 0 heterocycles. The van der Waals surface area contributed by atoms with Gasteiger partial charge in [-0.3, -0.25) is 0 Å². The van der Waals surface area contributed by atoms with Gasteiger partial charge in [0.1, 0.15) is 11.5 Å². The van der Waals surface area contributed by atoms with Crippen molar-refractivity contribution in [3.63, 3.8) is 0 Å². The van der Waals surface area contributed by atoms with Gasteiger partial charge >= 0.3 is 0 Å². The van der Waals surface area contributed by atoms with Crippen molar-refractivity contribution in [1.82, 2.24) is 0 Å². The van der Waals surface area contributed by atoms with Gasteiger partial charge in [-0.15, -0.1) is 0 Å². The highest BCUT2D eigenvalue weighted by Gasteiger charge is 2.23. The molecule has 2 N–H and O–H groups in total. The molecule has 352 valence electrons. The van der Waals surface area contributed by atoms with Crippen LogP contribution in [0.2, 0.25) is 0 Å². The fraction of sp³-hybridized carbons (Fsp3) is 0.419. The minimum atomic E-state index is 0.150. The van der Waals surface area contributed by atoms with Crippen molar-refractivity contribution < 1.29 is 10.2 Å². The predicted molar refractivity (Wildman–Crippen MR) is 288 cm³/mol. The van der Waals surface area contributed by atoms with Crippen LogP contribution in [0.15, 0.2) is 146 Å². The van der Waals surface area contributed by atoms with Crippen molar-refractivity contribution >= 4 is 0 Å². The van der Waals surface area contributed by atoms with E-state index < -0.39 is 0 Å². The Morgan fingerprint density at radius 3 is 0.547 bits per heavy atom. The van der Waals surface area contributed by atoms with Crippen molar-refractivity contribution in [2.24, 2.45) is 0 Å². The molecule has 0 spiro atoms. The average molecular weight is 869 g/mol. The maximum atomic E-state index is 11.2. The summed E-state index contributed by atoms with van der Waals surface area (Å²) < 4.78 is 0. The maximum Gasteiger partial charge on any atom is 0.123 e. The molecule has 0 aliphatic rings. The summed E-state index contributed by atoms with van der Waals surface area (Å²) in [4.78, 5) is 0. The second kappa shape index (κ2) is 35.3.